The molecule has 0 spiro atoms. The summed E-state index contributed by atoms with van der Waals surface area (Å²) in [6, 6.07) is 7.29. The summed E-state index contributed by atoms with van der Waals surface area (Å²) in [5.74, 6) is 3.57. The predicted octanol–water partition coefficient (Wildman–Crippen LogP) is 2.22. The van der Waals surface area contributed by atoms with E-state index in [0.717, 1.165) is 42.5 Å². The van der Waals surface area contributed by atoms with Crippen LogP contribution in [-0.2, 0) is 15.8 Å². The van der Waals surface area contributed by atoms with Gasteiger partial charge in [0, 0.05) is 24.9 Å². The number of furan rings is 1. The minimum absolute atomic E-state index is 0.321. The molecule has 3 heterocycles. The zero-order valence-corrected chi connectivity index (χ0v) is 15.0. The van der Waals surface area contributed by atoms with Crippen molar-refractivity contribution in [3.05, 3.63) is 42.5 Å². The van der Waals surface area contributed by atoms with Gasteiger partial charge in [0.1, 0.15) is 16.9 Å². The average molecular weight is 369 g/mol. The average Bonchev–Trinajstić information content (AvgIpc) is 3.29. The third kappa shape index (κ3) is 4.31. The second-order valence-corrected chi connectivity index (χ2v) is 8.65. The van der Waals surface area contributed by atoms with Gasteiger partial charge in [-0.25, -0.2) is 13.4 Å². The van der Waals surface area contributed by atoms with Crippen LogP contribution in [0.3, 0.4) is 0 Å². The molecule has 0 saturated carbocycles. The van der Waals surface area contributed by atoms with Gasteiger partial charge in [-0.2, -0.15) is 4.31 Å². The van der Waals surface area contributed by atoms with Gasteiger partial charge in [-0.05, 0) is 31.0 Å². The van der Waals surface area contributed by atoms with Crippen molar-refractivity contribution < 1.29 is 17.8 Å². The van der Waals surface area contributed by atoms with Crippen LogP contribution in [0.15, 0.2) is 46.0 Å². The number of anilines is 1. The van der Waals surface area contributed by atoms with Crippen LogP contribution in [0.4, 0.5) is 5.82 Å². The molecule has 1 fully saturated rings. The fraction of sp³-hybridized carbons (Fsp3) is 0.438. The number of aromatic amines is 1. The van der Waals surface area contributed by atoms with Gasteiger partial charge in [0.05, 0.1) is 18.6 Å². The first-order valence-corrected chi connectivity index (χ1v) is 10.6. The number of aromatic nitrogens is 1. The first kappa shape index (κ1) is 17.3. The molecule has 6 nitrogen and oxygen atoms in total. The smallest absolute Gasteiger partial charge is 0.272 e. The SMILES string of the molecule is O=S(=O)(c1ccc(NCCSCc2ccco2)[nH+]c1)N1CCCC1. The molecule has 1 aliphatic rings. The Kier molecular flexibility index (Phi) is 5.80. The Balaban J connectivity index is 1.46. The maximum absolute atomic E-state index is 12.4. The van der Waals surface area contributed by atoms with Crippen LogP contribution in [-0.4, -0.2) is 38.1 Å². The van der Waals surface area contributed by atoms with Crippen molar-refractivity contribution in [3.63, 3.8) is 0 Å². The van der Waals surface area contributed by atoms with E-state index >= 15 is 0 Å². The molecule has 2 aromatic heterocycles. The highest BCUT2D eigenvalue weighted by Crippen LogP contribution is 2.20. The number of thioether (sulfide) groups is 1. The highest BCUT2D eigenvalue weighted by molar-refractivity contribution is 7.98. The molecule has 0 aliphatic carbocycles. The van der Waals surface area contributed by atoms with Crippen molar-refractivity contribution in [2.45, 2.75) is 23.5 Å². The lowest BCUT2D eigenvalue weighted by molar-refractivity contribution is -0.364. The summed E-state index contributed by atoms with van der Waals surface area (Å²) in [5, 5.41) is 3.26. The molecule has 0 amide bonds. The zero-order chi connectivity index (χ0) is 16.8. The number of rotatable bonds is 8. The van der Waals surface area contributed by atoms with Gasteiger partial charge in [0.15, 0.2) is 0 Å². The van der Waals surface area contributed by atoms with E-state index in [2.05, 4.69) is 10.3 Å². The Morgan fingerprint density at radius 2 is 2.08 bits per heavy atom. The summed E-state index contributed by atoms with van der Waals surface area (Å²) < 4.78 is 31.7. The van der Waals surface area contributed by atoms with E-state index in [1.807, 2.05) is 12.1 Å². The van der Waals surface area contributed by atoms with Gasteiger partial charge in [-0.3, -0.25) is 5.32 Å². The molecule has 0 bridgehead atoms. The number of nitrogens with one attached hydrogen (secondary N) is 2. The highest BCUT2D eigenvalue weighted by atomic mass is 32.2. The topological polar surface area (TPSA) is 76.7 Å². The molecule has 0 radical (unpaired) electrons. The third-order valence-electron chi connectivity index (χ3n) is 3.87. The number of sulfonamides is 1. The van der Waals surface area contributed by atoms with Crippen molar-refractivity contribution in [1.82, 2.24) is 4.31 Å². The maximum atomic E-state index is 12.4. The van der Waals surface area contributed by atoms with E-state index < -0.39 is 10.0 Å². The van der Waals surface area contributed by atoms with Crippen LogP contribution in [0.25, 0.3) is 0 Å². The molecular formula is C16H22N3O3S2+. The molecule has 3 rings (SSSR count). The van der Waals surface area contributed by atoms with E-state index in [1.165, 1.54) is 0 Å². The van der Waals surface area contributed by atoms with Gasteiger partial charge in [-0.15, -0.1) is 11.8 Å². The van der Waals surface area contributed by atoms with Crippen molar-refractivity contribution >= 4 is 27.6 Å². The Hall–Kier alpha value is -1.51. The zero-order valence-electron chi connectivity index (χ0n) is 13.4. The van der Waals surface area contributed by atoms with E-state index in [-0.39, 0.29) is 0 Å². The fourth-order valence-electron chi connectivity index (χ4n) is 2.58. The monoisotopic (exact) mass is 368 g/mol. The maximum Gasteiger partial charge on any atom is 0.272 e. The Morgan fingerprint density at radius 1 is 1.25 bits per heavy atom. The number of hydrogen-bond acceptors (Lipinski definition) is 5. The molecule has 0 aromatic carbocycles. The van der Waals surface area contributed by atoms with E-state index in [4.69, 9.17) is 4.42 Å². The summed E-state index contributed by atoms with van der Waals surface area (Å²) in [4.78, 5) is 3.35. The van der Waals surface area contributed by atoms with Gasteiger partial charge < -0.3 is 4.42 Å². The Labute approximate surface area is 146 Å². The molecule has 1 saturated heterocycles. The lowest BCUT2D eigenvalue weighted by Gasteiger charge is -2.14. The Bertz CT molecular complexity index is 724. The van der Waals surface area contributed by atoms with Gasteiger partial charge >= 0.3 is 0 Å². The van der Waals surface area contributed by atoms with E-state index in [9.17, 15) is 8.42 Å². The standard InChI is InChI=1S/C16H21N3O3S2/c20-24(21,19-8-1-2-9-19)15-5-6-16(18-12-15)17-7-11-23-13-14-4-3-10-22-14/h3-6,10,12H,1-2,7-9,11,13H2,(H,17,18)/p+1. The molecular weight excluding hydrogens is 346 g/mol. The largest absolute Gasteiger partial charge is 0.468 e. The van der Waals surface area contributed by atoms with Crippen LogP contribution < -0.4 is 10.3 Å². The number of nitrogens with zero attached hydrogens (tertiary/aromatic N) is 1. The lowest BCUT2D eigenvalue weighted by atomic mass is 10.4. The second-order valence-electron chi connectivity index (χ2n) is 5.61. The summed E-state index contributed by atoms with van der Waals surface area (Å²) >= 11 is 1.78. The van der Waals surface area contributed by atoms with Gasteiger partial charge in [0.25, 0.3) is 5.82 Å². The molecule has 2 aromatic rings. The molecule has 130 valence electrons. The second kappa shape index (κ2) is 8.04. The first-order valence-electron chi connectivity index (χ1n) is 8.02. The normalized spacial score (nSPS) is 15.7. The van der Waals surface area contributed by atoms with E-state index in [1.54, 1.807) is 40.7 Å². The molecule has 0 atom stereocenters. The van der Waals surface area contributed by atoms with E-state index in [0.29, 0.717) is 18.0 Å². The lowest BCUT2D eigenvalue weighted by Crippen LogP contribution is -2.29. The molecule has 1 aliphatic heterocycles. The summed E-state index contributed by atoms with van der Waals surface area (Å²) in [6.45, 7) is 2.03. The summed E-state index contributed by atoms with van der Waals surface area (Å²) in [5.41, 5.74) is 0. The van der Waals surface area contributed by atoms with Crippen LogP contribution >= 0.6 is 11.8 Å². The van der Waals surface area contributed by atoms with Crippen molar-refractivity contribution in [2.75, 3.05) is 30.7 Å². The van der Waals surface area contributed by atoms with Crippen molar-refractivity contribution in [3.8, 4) is 0 Å². The predicted molar refractivity (Wildman–Crippen MR) is 94.4 cm³/mol. The number of hydrogen-bond donors (Lipinski definition) is 1. The molecule has 8 heteroatoms. The fourth-order valence-corrected chi connectivity index (χ4v) is 4.82. The van der Waals surface area contributed by atoms with Crippen LogP contribution in [0.2, 0.25) is 0 Å². The minimum Gasteiger partial charge on any atom is -0.468 e. The summed E-state index contributed by atoms with van der Waals surface area (Å²) in [6.07, 6.45) is 5.13. The molecule has 0 unspecified atom stereocenters. The van der Waals surface area contributed by atoms with Crippen LogP contribution in [0.1, 0.15) is 18.6 Å². The van der Waals surface area contributed by atoms with Crippen molar-refractivity contribution in [2.24, 2.45) is 0 Å². The quantitative estimate of drug-likeness (QED) is 0.723. The molecule has 2 N–H and O–H groups in total. The number of H-pyrrole nitrogens is 1. The third-order valence-corrected chi connectivity index (χ3v) is 6.75. The molecule has 24 heavy (non-hydrogen) atoms. The first-order chi connectivity index (χ1) is 11.7. The Morgan fingerprint density at radius 3 is 2.75 bits per heavy atom. The minimum atomic E-state index is -3.35. The van der Waals surface area contributed by atoms with Gasteiger partial charge in [0.2, 0.25) is 10.0 Å². The number of pyridine rings is 1. The van der Waals surface area contributed by atoms with Crippen LogP contribution in [0, 0.1) is 0 Å². The van der Waals surface area contributed by atoms with Gasteiger partial charge in [-0.1, -0.05) is 0 Å². The highest BCUT2D eigenvalue weighted by Gasteiger charge is 2.27. The summed E-state index contributed by atoms with van der Waals surface area (Å²) in [7, 11) is -3.35. The van der Waals surface area contributed by atoms with Crippen molar-refractivity contribution in [1.29, 1.82) is 0 Å². The van der Waals surface area contributed by atoms with Crippen LogP contribution in [0.5, 0.6) is 0 Å².